The molecule has 146 valence electrons. The van der Waals surface area contributed by atoms with Crippen LogP contribution in [0.25, 0.3) is 0 Å². The molecule has 0 bridgehead atoms. The van der Waals surface area contributed by atoms with Gasteiger partial charge >= 0.3 is 0 Å². The third-order valence-electron chi connectivity index (χ3n) is 4.35. The molecule has 10 nitrogen and oxygen atoms in total. The standard InChI is InChI=1S/C19H16N6O4/c1-19(2)17(29-25(26)27)16(13-9-12(10-20)6-7-15(13)28-19)24-18(23-11-21)14-5-3-4-8-22-14/h3-9,16-17H,1-2H3,(H,23,24). The van der Waals surface area contributed by atoms with Crippen LogP contribution in [-0.2, 0) is 4.84 Å². The van der Waals surface area contributed by atoms with Crippen LogP contribution in [0.2, 0.25) is 0 Å². The average Bonchev–Trinajstić information content (AvgIpc) is 2.69. The molecule has 2 unspecified atom stereocenters. The van der Waals surface area contributed by atoms with Crippen LogP contribution in [0.4, 0.5) is 0 Å². The van der Waals surface area contributed by atoms with Gasteiger partial charge in [-0.05, 0) is 44.2 Å². The lowest BCUT2D eigenvalue weighted by molar-refractivity contribution is -0.773. The number of benzene rings is 1. The van der Waals surface area contributed by atoms with E-state index in [2.05, 4.69) is 15.3 Å². The third kappa shape index (κ3) is 4.06. The number of fused-ring (bicyclic) bond motifs is 1. The lowest BCUT2D eigenvalue weighted by Gasteiger charge is -2.41. The second-order valence-electron chi connectivity index (χ2n) is 6.69. The van der Waals surface area contributed by atoms with E-state index in [1.54, 1.807) is 50.4 Å². The minimum absolute atomic E-state index is 0.112. The van der Waals surface area contributed by atoms with Gasteiger partial charge in [0.2, 0.25) is 0 Å². The fraction of sp³-hybridized carbons (Fsp3) is 0.263. The number of rotatable bonds is 4. The van der Waals surface area contributed by atoms with E-state index in [9.17, 15) is 15.4 Å². The molecule has 0 amide bonds. The van der Waals surface area contributed by atoms with Gasteiger partial charge in [0, 0.05) is 11.8 Å². The lowest BCUT2D eigenvalue weighted by atomic mass is 9.86. The Morgan fingerprint density at radius 2 is 2.17 bits per heavy atom. The van der Waals surface area contributed by atoms with Gasteiger partial charge in [0.15, 0.2) is 18.1 Å². The Hall–Kier alpha value is -4.18. The molecule has 3 rings (SSSR count). The molecule has 0 spiro atoms. The summed E-state index contributed by atoms with van der Waals surface area (Å²) in [6.45, 7) is 3.28. The number of nitriles is 2. The van der Waals surface area contributed by atoms with E-state index >= 15 is 0 Å². The number of hydrogen-bond acceptors (Lipinski definition) is 8. The van der Waals surface area contributed by atoms with Crippen LogP contribution < -0.4 is 10.1 Å². The van der Waals surface area contributed by atoms with E-state index in [0.29, 0.717) is 22.6 Å². The highest BCUT2D eigenvalue weighted by molar-refractivity contribution is 5.98. The van der Waals surface area contributed by atoms with Crippen molar-refractivity contribution in [3.8, 4) is 18.0 Å². The minimum atomic E-state index is -1.14. The van der Waals surface area contributed by atoms with E-state index in [4.69, 9.17) is 14.8 Å². The van der Waals surface area contributed by atoms with E-state index in [1.165, 1.54) is 12.3 Å². The van der Waals surface area contributed by atoms with Gasteiger partial charge < -0.3 is 9.57 Å². The van der Waals surface area contributed by atoms with Gasteiger partial charge in [0.1, 0.15) is 23.1 Å². The molecule has 2 heterocycles. The first-order valence-corrected chi connectivity index (χ1v) is 8.54. The quantitative estimate of drug-likeness (QED) is 0.208. The van der Waals surface area contributed by atoms with Gasteiger partial charge in [-0.2, -0.15) is 10.5 Å². The highest BCUT2D eigenvalue weighted by atomic mass is 17.0. The Morgan fingerprint density at radius 1 is 1.38 bits per heavy atom. The summed E-state index contributed by atoms with van der Waals surface area (Å²) in [6.07, 6.45) is 2.19. The monoisotopic (exact) mass is 392 g/mol. The largest absolute Gasteiger partial charge is 0.485 e. The summed E-state index contributed by atoms with van der Waals surface area (Å²) in [5.74, 6) is 0.532. The Labute approximate surface area is 166 Å². The molecule has 10 heteroatoms. The molecule has 29 heavy (non-hydrogen) atoms. The van der Waals surface area contributed by atoms with Gasteiger partial charge in [-0.3, -0.25) is 15.3 Å². The topological polar surface area (TPSA) is 146 Å². The number of ether oxygens (including phenoxy) is 1. The van der Waals surface area contributed by atoms with Crippen molar-refractivity contribution < 1.29 is 14.7 Å². The zero-order chi connectivity index (χ0) is 21.0. The maximum absolute atomic E-state index is 11.2. The van der Waals surface area contributed by atoms with Crippen LogP contribution in [0.15, 0.2) is 47.6 Å². The van der Waals surface area contributed by atoms with Gasteiger partial charge in [0.25, 0.3) is 5.09 Å². The second kappa shape index (κ2) is 7.82. The van der Waals surface area contributed by atoms with Crippen molar-refractivity contribution >= 4 is 5.84 Å². The summed E-state index contributed by atoms with van der Waals surface area (Å²) < 4.78 is 5.90. The maximum Gasteiger partial charge on any atom is 0.295 e. The minimum Gasteiger partial charge on any atom is -0.485 e. The predicted octanol–water partition coefficient (Wildman–Crippen LogP) is 2.26. The maximum atomic E-state index is 11.2. The molecule has 0 saturated heterocycles. The van der Waals surface area contributed by atoms with Gasteiger partial charge in [0.05, 0.1) is 11.6 Å². The zero-order valence-corrected chi connectivity index (χ0v) is 15.6. The number of hydrogen-bond donors (Lipinski definition) is 1. The SMILES string of the molecule is CC1(C)Oc2ccc(C#N)cc2C(N=C(NC#N)c2ccccn2)C1O[N+](=O)[O-]. The van der Waals surface area contributed by atoms with E-state index < -0.39 is 22.8 Å². The summed E-state index contributed by atoms with van der Waals surface area (Å²) >= 11 is 0. The summed E-state index contributed by atoms with van der Waals surface area (Å²) in [7, 11) is 0. The molecule has 1 aliphatic heterocycles. The van der Waals surface area contributed by atoms with Crippen LogP contribution in [0.5, 0.6) is 5.75 Å². The number of aliphatic imine (C=N–C) groups is 1. The molecule has 2 atom stereocenters. The molecule has 0 aliphatic carbocycles. The van der Waals surface area contributed by atoms with Gasteiger partial charge in [-0.15, -0.1) is 10.1 Å². The molecule has 0 radical (unpaired) electrons. The van der Waals surface area contributed by atoms with Crippen LogP contribution in [0.1, 0.15) is 36.7 Å². The molecule has 2 aromatic rings. The van der Waals surface area contributed by atoms with Crippen LogP contribution >= 0.6 is 0 Å². The van der Waals surface area contributed by atoms with Crippen molar-refractivity contribution in [1.29, 1.82) is 10.5 Å². The Balaban J connectivity index is 2.21. The normalized spacial score (nSPS) is 19.7. The van der Waals surface area contributed by atoms with Crippen molar-refractivity contribution in [3.63, 3.8) is 0 Å². The Morgan fingerprint density at radius 3 is 2.79 bits per heavy atom. The molecule has 1 N–H and O–H groups in total. The summed E-state index contributed by atoms with van der Waals surface area (Å²) in [6, 6.07) is 10.9. The summed E-state index contributed by atoms with van der Waals surface area (Å²) in [5.41, 5.74) is 0.0175. The first kappa shape index (κ1) is 19.6. The number of aromatic nitrogens is 1. The molecular weight excluding hydrogens is 376 g/mol. The van der Waals surface area contributed by atoms with Crippen LogP contribution in [-0.4, -0.2) is 27.6 Å². The average molecular weight is 392 g/mol. The van der Waals surface area contributed by atoms with Gasteiger partial charge in [-0.25, -0.2) is 0 Å². The number of nitrogens with zero attached hydrogens (tertiary/aromatic N) is 5. The highest BCUT2D eigenvalue weighted by Crippen LogP contribution is 2.44. The number of amidine groups is 1. The van der Waals surface area contributed by atoms with Crippen LogP contribution in [0, 0.1) is 32.9 Å². The van der Waals surface area contributed by atoms with E-state index in [1.807, 2.05) is 6.07 Å². The van der Waals surface area contributed by atoms with Gasteiger partial charge in [-0.1, -0.05) is 6.07 Å². The summed E-state index contributed by atoms with van der Waals surface area (Å²) in [4.78, 5) is 24.8. The predicted molar refractivity (Wildman–Crippen MR) is 100.0 cm³/mol. The first-order chi connectivity index (χ1) is 13.9. The highest BCUT2D eigenvalue weighted by Gasteiger charge is 2.47. The van der Waals surface area contributed by atoms with Crippen LogP contribution in [0.3, 0.4) is 0 Å². The molecule has 0 fully saturated rings. The molecule has 1 aliphatic rings. The molecular formula is C19H16N6O4. The zero-order valence-electron chi connectivity index (χ0n) is 15.6. The molecule has 1 aromatic carbocycles. The second-order valence-corrected chi connectivity index (χ2v) is 6.69. The first-order valence-electron chi connectivity index (χ1n) is 8.54. The number of nitrogens with one attached hydrogen (secondary N) is 1. The molecule has 0 saturated carbocycles. The molecule has 1 aromatic heterocycles. The lowest BCUT2D eigenvalue weighted by Crippen LogP contribution is -2.51. The van der Waals surface area contributed by atoms with Crippen molar-refractivity contribution in [3.05, 3.63) is 69.5 Å². The van der Waals surface area contributed by atoms with Crippen molar-refractivity contribution in [2.75, 3.05) is 0 Å². The summed E-state index contributed by atoms with van der Waals surface area (Å²) in [5, 5.41) is 31.1. The fourth-order valence-corrected chi connectivity index (χ4v) is 3.10. The Kier molecular flexibility index (Phi) is 5.28. The van der Waals surface area contributed by atoms with Crippen molar-refractivity contribution in [2.45, 2.75) is 31.6 Å². The smallest absolute Gasteiger partial charge is 0.295 e. The number of pyridine rings is 1. The van der Waals surface area contributed by atoms with E-state index in [-0.39, 0.29) is 5.84 Å². The fourth-order valence-electron chi connectivity index (χ4n) is 3.10. The van der Waals surface area contributed by atoms with E-state index in [0.717, 1.165) is 0 Å². The van der Waals surface area contributed by atoms with Crippen molar-refractivity contribution in [2.24, 2.45) is 4.99 Å². The Bertz CT molecular complexity index is 1040. The van der Waals surface area contributed by atoms with Crippen molar-refractivity contribution in [1.82, 2.24) is 10.3 Å². The third-order valence-corrected chi connectivity index (χ3v) is 4.35.